The molecule has 0 spiro atoms. The number of rotatable bonds is 4. The summed E-state index contributed by atoms with van der Waals surface area (Å²) in [4.78, 5) is 13.1. The van der Waals surface area contributed by atoms with Crippen molar-refractivity contribution in [3.8, 4) is 6.07 Å². The van der Waals surface area contributed by atoms with E-state index in [2.05, 4.69) is 6.07 Å². The van der Waals surface area contributed by atoms with E-state index in [4.69, 9.17) is 10.00 Å². The number of esters is 1. The molecule has 0 radical (unpaired) electrons. The van der Waals surface area contributed by atoms with Crippen LogP contribution in [0.25, 0.3) is 0 Å². The van der Waals surface area contributed by atoms with Crippen molar-refractivity contribution in [1.82, 2.24) is 4.90 Å². The summed E-state index contributed by atoms with van der Waals surface area (Å²) in [6.45, 7) is 3.63. The molecule has 0 saturated carbocycles. The van der Waals surface area contributed by atoms with Gasteiger partial charge in [0, 0.05) is 6.42 Å². The molecular formula is C9H14N2O2. The number of ether oxygens (including phenoxy) is 1. The second-order valence-electron chi connectivity index (χ2n) is 3.10. The van der Waals surface area contributed by atoms with Crippen molar-refractivity contribution in [3.05, 3.63) is 0 Å². The summed E-state index contributed by atoms with van der Waals surface area (Å²) in [5.74, 6) is -0.177. The summed E-state index contributed by atoms with van der Waals surface area (Å²) in [7, 11) is 0. The van der Waals surface area contributed by atoms with Crippen LogP contribution in [-0.4, -0.2) is 36.6 Å². The second kappa shape index (κ2) is 4.83. The van der Waals surface area contributed by atoms with Crippen LogP contribution in [0.3, 0.4) is 0 Å². The lowest BCUT2D eigenvalue weighted by molar-refractivity contribution is -0.142. The van der Waals surface area contributed by atoms with Gasteiger partial charge in [0.15, 0.2) is 0 Å². The van der Waals surface area contributed by atoms with Gasteiger partial charge in [-0.15, -0.1) is 0 Å². The third kappa shape index (κ3) is 2.43. The van der Waals surface area contributed by atoms with Crippen molar-refractivity contribution in [2.24, 2.45) is 0 Å². The minimum Gasteiger partial charge on any atom is -0.464 e. The van der Waals surface area contributed by atoms with Crippen LogP contribution in [0, 0.1) is 11.3 Å². The lowest BCUT2D eigenvalue weighted by Crippen LogP contribution is -2.39. The maximum atomic E-state index is 11.2. The van der Waals surface area contributed by atoms with Crippen molar-refractivity contribution >= 4 is 5.97 Å². The van der Waals surface area contributed by atoms with Gasteiger partial charge in [-0.05, 0) is 13.0 Å². The Morgan fingerprint density at radius 1 is 1.77 bits per heavy atom. The molecule has 1 unspecified atom stereocenters. The molecule has 72 valence electrons. The van der Waals surface area contributed by atoms with Crippen LogP contribution in [0.4, 0.5) is 0 Å². The second-order valence-corrected chi connectivity index (χ2v) is 3.10. The van der Waals surface area contributed by atoms with Crippen LogP contribution in [-0.2, 0) is 9.53 Å². The first kappa shape index (κ1) is 10.0. The lowest BCUT2D eigenvalue weighted by Gasteiger charge is -2.21. The summed E-state index contributed by atoms with van der Waals surface area (Å²) in [5, 5.41) is 8.57. The highest BCUT2D eigenvalue weighted by Gasteiger charge is 2.31. The minimum atomic E-state index is -0.181. The van der Waals surface area contributed by atoms with Gasteiger partial charge in [-0.2, -0.15) is 5.26 Å². The molecular weight excluding hydrogens is 168 g/mol. The van der Waals surface area contributed by atoms with Gasteiger partial charge in [-0.1, -0.05) is 6.92 Å². The summed E-state index contributed by atoms with van der Waals surface area (Å²) in [6.07, 6.45) is 1.67. The highest BCUT2D eigenvalue weighted by molar-refractivity contribution is 5.77. The normalized spacial score (nSPS) is 21.6. The maximum Gasteiger partial charge on any atom is 0.323 e. The van der Waals surface area contributed by atoms with Crippen molar-refractivity contribution in [1.29, 1.82) is 5.26 Å². The highest BCUT2D eigenvalue weighted by atomic mass is 16.5. The summed E-state index contributed by atoms with van der Waals surface area (Å²) in [5.41, 5.74) is 0. The SMILES string of the molecule is CCCN(CC#N)C1CCOC1=O. The van der Waals surface area contributed by atoms with E-state index in [1.807, 2.05) is 11.8 Å². The molecule has 1 aliphatic rings. The van der Waals surface area contributed by atoms with E-state index in [1.165, 1.54) is 0 Å². The van der Waals surface area contributed by atoms with E-state index in [0.717, 1.165) is 19.4 Å². The number of carbonyl (C=O) groups excluding carboxylic acids is 1. The Morgan fingerprint density at radius 3 is 3.00 bits per heavy atom. The molecule has 0 N–H and O–H groups in total. The van der Waals surface area contributed by atoms with Gasteiger partial charge in [0.2, 0.25) is 0 Å². The van der Waals surface area contributed by atoms with E-state index < -0.39 is 0 Å². The zero-order chi connectivity index (χ0) is 9.68. The van der Waals surface area contributed by atoms with Gasteiger partial charge in [-0.25, -0.2) is 0 Å². The largest absolute Gasteiger partial charge is 0.464 e. The average Bonchev–Trinajstić information content (AvgIpc) is 2.51. The number of hydrogen-bond acceptors (Lipinski definition) is 4. The Hall–Kier alpha value is -1.08. The first-order valence-corrected chi connectivity index (χ1v) is 4.57. The van der Waals surface area contributed by atoms with Gasteiger partial charge >= 0.3 is 5.97 Å². The first-order chi connectivity index (χ1) is 6.29. The van der Waals surface area contributed by atoms with Crippen LogP contribution in [0.2, 0.25) is 0 Å². The molecule has 1 saturated heterocycles. The number of hydrogen-bond donors (Lipinski definition) is 0. The van der Waals surface area contributed by atoms with Crippen molar-refractivity contribution < 1.29 is 9.53 Å². The molecule has 4 nitrogen and oxygen atoms in total. The van der Waals surface area contributed by atoms with Gasteiger partial charge in [0.05, 0.1) is 19.2 Å². The van der Waals surface area contributed by atoms with E-state index in [0.29, 0.717) is 13.2 Å². The number of cyclic esters (lactones) is 1. The summed E-state index contributed by atoms with van der Waals surface area (Å²) < 4.78 is 4.85. The molecule has 0 aromatic rings. The molecule has 0 aliphatic carbocycles. The molecule has 1 fully saturated rings. The van der Waals surface area contributed by atoms with Gasteiger partial charge in [0.25, 0.3) is 0 Å². The van der Waals surface area contributed by atoms with Crippen LogP contribution in [0.5, 0.6) is 0 Å². The zero-order valence-corrected chi connectivity index (χ0v) is 7.82. The van der Waals surface area contributed by atoms with Crippen LogP contribution in [0.15, 0.2) is 0 Å². The molecule has 1 rings (SSSR count). The van der Waals surface area contributed by atoms with Crippen LogP contribution >= 0.6 is 0 Å². The molecule has 0 bridgehead atoms. The third-order valence-corrected chi connectivity index (χ3v) is 2.13. The van der Waals surface area contributed by atoms with Crippen molar-refractivity contribution in [2.45, 2.75) is 25.8 Å². The Bertz CT molecular complexity index is 222. The zero-order valence-electron chi connectivity index (χ0n) is 7.82. The van der Waals surface area contributed by atoms with Gasteiger partial charge in [0.1, 0.15) is 6.04 Å². The third-order valence-electron chi connectivity index (χ3n) is 2.13. The molecule has 0 aromatic heterocycles. The van der Waals surface area contributed by atoms with Crippen molar-refractivity contribution in [3.63, 3.8) is 0 Å². The van der Waals surface area contributed by atoms with E-state index in [1.54, 1.807) is 0 Å². The maximum absolute atomic E-state index is 11.2. The molecule has 4 heteroatoms. The Kier molecular flexibility index (Phi) is 3.71. The van der Waals surface area contributed by atoms with Crippen LogP contribution < -0.4 is 0 Å². The van der Waals surface area contributed by atoms with Gasteiger partial charge < -0.3 is 4.74 Å². The molecule has 0 aromatic carbocycles. The predicted molar refractivity (Wildman–Crippen MR) is 46.8 cm³/mol. The number of nitrogens with zero attached hydrogens (tertiary/aromatic N) is 2. The smallest absolute Gasteiger partial charge is 0.323 e. The summed E-state index contributed by atoms with van der Waals surface area (Å²) >= 11 is 0. The molecule has 1 atom stereocenters. The Balaban J connectivity index is 2.53. The first-order valence-electron chi connectivity index (χ1n) is 4.57. The number of carbonyl (C=O) groups is 1. The standard InChI is InChI=1S/C9H14N2O2/c1-2-5-11(6-4-10)8-3-7-13-9(8)12/h8H,2-3,5-7H2,1H3. The van der Waals surface area contributed by atoms with Crippen LogP contribution in [0.1, 0.15) is 19.8 Å². The molecule has 0 amide bonds. The van der Waals surface area contributed by atoms with E-state index >= 15 is 0 Å². The molecule has 1 aliphatic heterocycles. The molecule has 1 heterocycles. The van der Waals surface area contributed by atoms with E-state index in [-0.39, 0.29) is 12.0 Å². The average molecular weight is 182 g/mol. The monoisotopic (exact) mass is 182 g/mol. The summed E-state index contributed by atoms with van der Waals surface area (Å²) in [6, 6.07) is 1.89. The predicted octanol–water partition coefficient (Wildman–Crippen LogP) is 0.537. The van der Waals surface area contributed by atoms with Crippen molar-refractivity contribution in [2.75, 3.05) is 19.7 Å². The van der Waals surface area contributed by atoms with E-state index in [9.17, 15) is 4.79 Å². The Morgan fingerprint density at radius 2 is 2.54 bits per heavy atom. The quantitative estimate of drug-likeness (QED) is 0.470. The fourth-order valence-corrected chi connectivity index (χ4v) is 1.54. The van der Waals surface area contributed by atoms with Gasteiger partial charge in [-0.3, -0.25) is 9.69 Å². The minimum absolute atomic E-state index is 0.177. The lowest BCUT2D eigenvalue weighted by atomic mass is 10.2. The molecule has 13 heavy (non-hydrogen) atoms. The number of nitriles is 1. The fourth-order valence-electron chi connectivity index (χ4n) is 1.54. The Labute approximate surface area is 78.1 Å². The fraction of sp³-hybridized carbons (Fsp3) is 0.778. The topological polar surface area (TPSA) is 53.3 Å². The highest BCUT2D eigenvalue weighted by Crippen LogP contribution is 2.13.